The summed E-state index contributed by atoms with van der Waals surface area (Å²) in [6.07, 6.45) is -6.98. The van der Waals surface area contributed by atoms with Gasteiger partial charge in [-0.05, 0) is 24.6 Å². The Morgan fingerprint density at radius 2 is 1.67 bits per heavy atom. The zero-order chi connectivity index (χ0) is 21.0. The lowest BCUT2D eigenvalue weighted by molar-refractivity contribution is -0.342. The van der Waals surface area contributed by atoms with Gasteiger partial charge in [0.05, 0.1) is 0 Å². The zero-order valence-electron chi connectivity index (χ0n) is 13.4. The highest BCUT2D eigenvalue weighted by Gasteiger charge is 2.75. The molecule has 0 atom stereocenters. The van der Waals surface area contributed by atoms with Crippen LogP contribution in [0.3, 0.4) is 0 Å². The third-order valence-corrected chi connectivity index (χ3v) is 3.66. The van der Waals surface area contributed by atoms with Crippen LogP contribution in [0.2, 0.25) is 0 Å². The molecule has 1 aromatic carbocycles. The molecule has 0 heterocycles. The van der Waals surface area contributed by atoms with E-state index in [0.29, 0.717) is 4.47 Å². The van der Waals surface area contributed by atoms with Crippen LogP contribution in [-0.2, 0) is 4.79 Å². The molecule has 0 saturated heterocycles. The highest BCUT2D eigenvalue weighted by atomic mass is 79.9. The molecule has 0 unspecified atom stereocenters. The molecular formula is C15H12BrF7N2O2. The van der Waals surface area contributed by atoms with Crippen molar-refractivity contribution < 1.29 is 40.3 Å². The molecule has 0 saturated carbocycles. The number of alkyl halides is 7. The maximum absolute atomic E-state index is 13.3. The summed E-state index contributed by atoms with van der Waals surface area (Å²) in [5.74, 6) is -16.1. The van der Waals surface area contributed by atoms with Crippen molar-refractivity contribution in [3.63, 3.8) is 0 Å². The lowest BCUT2D eigenvalue weighted by Gasteiger charge is -2.26. The van der Waals surface area contributed by atoms with E-state index in [1.54, 1.807) is 6.07 Å². The lowest BCUT2D eigenvalue weighted by atomic mass is 10.1. The van der Waals surface area contributed by atoms with Crippen LogP contribution in [-0.4, -0.2) is 29.7 Å². The molecule has 1 rings (SSSR count). The molecule has 1 aromatic rings. The van der Waals surface area contributed by atoms with Gasteiger partial charge >= 0.3 is 18.0 Å². The number of carbonyl (C=O) groups excluding carboxylic acids is 2. The second-order valence-corrected chi connectivity index (χ2v) is 6.04. The van der Waals surface area contributed by atoms with Crippen LogP contribution in [0.15, 0.2) is 40.5 Å². The Balaban J connectivity index is 2.93. The van der Waals surface area contributed by atoms with Crippen LogP contribution in [0.4, 0.5) is 30.7 Å². The maximum atomic E-state index is 13.3. The van der Waals surface area contributed by atoms with Crippen molar-refractivity contribution in [3.05, 3.63) is 46.1 Å². The average Bonchev–Trinajstić information content (AvgIpc) is 2.56. The fourth-order valence-electron chi connectivity index (χ4n) is 1.65. The normalized spacial score (nSPS) is 13.3. The summed E-state index contributed by atoms with van der Waals surface area (Å²) in [5.41, 5.74) is 3.68. The Morgan fingerprint density at radius 3 is 2.15 bits per heavy atom. The predicted molar refractivity (Wildman–Crippen MR) is 84.1 cm³/mol. The minimum Gasteiger partial charge on any atom is -0.302 e. The molecule has 1 amide bonds. The number of amides is 1. The fraction of sp³-hybridized carbons (Fsp3) is 0.333. The topological polar surface area (TPSA) is 58.2 Å². The van der Waals surface area contributed by atoms with E-state index in [4.69, 9.17) is 0 Å². The first-order valence-electron chi connectivity index (χ1n) is 7.13. The van der Waals surface area contributed by atoms with Crippen LogP contribution in [0.5, 0.6) is 0 Å². The van der Waals surface area contributed by atoms with Gasteiger partial charge in [0, 0.05) is 21.8 Å². The van der Waals surface area contributed by atoms with E-state index in [1.807, 2.05) is 10.9 Å². The first-order valence-corrected chi connectivity index (χ1v) is 7.92. The zero-order valence-corrected chi connectivity index (χ0v) is 15.0. The molecule has 0 aliphatic carbocycles. The van der Waals surface area contributed by atoms with Crippen molar-refractivity contribution >= 4 is 27.6 Å². The number of carbonyl (C=O) groups is 2. The number of halogens is 8. The smallest absolute Gasteiger partial charge is 0.302 e. The van der Waals surface area contributed by atoms with Gasteiger partial charge < -0.3 is 5.43 Å². The number of benzene rings is 1. The molecule has 0 radical (unpaired) electrons. The van der Waals surface area contributed by atoms with Crippen LogP contribution in [0.25, 0.3) is 0 Å². The van der Waals surface area contributed by atoms with E-state index in [2.05, 4.69) is 15.9 Å². The van der Waals surface area contributed by atoms with Gasteiger partial charge in [0.2, 0.25) is 5.78 Å². The molecule has 27 heavy (non-hydrogen) atoms. The maximum Gasteiger partial charge on any atom is 0.460 e. The monoisotopic (exact) mass is 464 g/mol. The number of hydrogen-bond acceptors (Lipinski definition) is 3. The van der Waals surface area contributed by atoms with Gasteiger partial charge in [0.25, 0.3) is 5.91 Å². The molecule has 4 nitrogen and oxygen atoms in total. The largest absolute Gasteiger partial charge is 0.460 e. The highest BCUT2D eigenvalue weighted by molar-refractivity contribution is 9.10. The molecule has 0 aliphatic heterocycles. The van der Waals surface area contributed by atoms with E-state index in [-0.39, 0.29) is 18.1 Å². The summed E-state index contributed by atoms with van der Waals surface area (Å²) in [6.45, 7) is 1.29. The molecule has 2 N–H and O–H groups in total. The molecule has 0 aromatic heterocycles. The number of rotatable bonds is 7. The molecule has 0 spiro atoms. The minimum absolute atomic E-state index is 0.110. The average molecular weight is 465 g/mol. The quantitative estimate of drug-likeness (QED) is 0.357. The van der Waals surface area contributed by atoms with Gasteiger partial charge in [-0.3, -0.25) is 15.0 Å². The molecule has 0 aliphatic rings. The fourth-order valence-corrected chi connectivity index (χ4v) is 2.05. The van der Waals surface area contributed by atoms with Crippen LogP contribution in [0.1, 0.15) is 23.7 Å². The standard InChI is InChI=1S/C15H12BrF7N2O2/c1-2-10(24-25-12(27)8-4-3-5-9(16)6-8)7-11(26)13(17,18)14(19,20)15(21,22)23/h3-7,24H,2H2,1H3,(H,25,27)/b10-7+. The first kappa shape index (κ1) is 22.9. The summed E-state index contributed by atoms with van der Waals surface area (Å²) in [5, 5.41) is 0. The summed E-state index contributed by atoms with van der Waals surface area (Å²) in [7, 11) is 0. The number of nitrogens with one attached hydrogen (secondary N) is 2. The Kier molecular flexibility index (Phi) is 7.03. The summed E-state index contributed by atoms with van der Waals surface area (Å²) < 4.78 is 89.2. The highest BCUT2D eigenvalue weighted by Crippen LogP contribution is 2.47. The van der Waals surface area contributed by atoms with Gasteiger partial charge in [-0.1, -0.05) is 28.9 Å². The molecule has 0 fully saturated rings. The number of hydrazine groups is 1. The van der Waals surface area contributed by atoms with Crippen LogP contribution in [0, 0.1) is 0 Å². The Labute approximate surface area is 156 Å². The number of hydrogen-bond donors (Lipinski definition) is 2. The van der Waals surface area contributed by atoms with Crippen molar-refractivity contribution in [1.29, 1.82) is 0 Å². The molecule has 0 bridgehead atoms. The predicted octanol–water partition coefficient (Wildman–Crippen LogP) is 4.38. The van der Waals surface area contributed by atoms with Crippen molar-refractivity contribution in [2.24, 2.45) is 0 Å². The summed E-state index contributed by atoms with van der Waals surface area (Å²) >= 11 is 3.11. The Hall–Kier alpha value is -2.11. The van der Waals surface area contributed by atoms with E-state index in [9.17, 15) is 40.3 Å². The minimum atomic E-state index is -6.62. The van der Waals surface area contributed by atoms with Crippen molar-refractivity contribution in [3.8, 4) is 0 Å². The van der Waals surface area contributed by atoms with Gasteiger partial charge in [-0.2, -0.15) is 30.7 Å². The second-order valence-electron chi connectivity index (χ2n) is 5.12. The Bertz CT molecular complexity index is 748. The molecular weight excluding hydrogens is 453 g/mol. The second kappa shape index (κ2) is 8.28. The number of allylic oxidation sites excluding steroid dienone is 2. The first-order chi connectivity index (χ1) is 12.2. The summed E-state index contributed by atoms with van der Waals surface area (Å²) in [6, 6.07) is 5.91. The van der Waals surface area contributed by atoms with Crippen molar-refractivity contribution in [1.82, 2.24) is 10.9 Å². The number of ketones is 1. The van der Waals surface area contributed by atoms with E-state index in [1.165, 1.54) is 25.1 Å². The van der Waals surface area contributed by atoms with E-state index >= 15 is 0 Å². The van der Waals surface area contributed by atoms with Gasteiger partial charge in [0.1, 0.15) is 0 Å². The van der Waals surface area contributed by atoms with Gasteiger partial charge in [-0.25, -0.2) is 0 Å². The SMILES string of the molecule is CC/C(=C\C(=O)C(F)(F)C(F)(F)C(F)(F)F)NNC(=O)c1cccc(Br)c1. The third kappa shape index (κ3) is 5.21. The van der Waals surface area contributed by atoms with Crippen LogP contribution < -0.4 is 10.9 Å². The third-order valence-electron chi connectivity index (χ3n) is 3.17. The molecule has 12 heteroatoms. The summed E-state index contributed by atoms with van der Waals surface area (Å²) in [4.78, 5) is 23.2. The van der Waals surface area contributed by atoms with Crippen molar-refractivity contribution in [2.75, 3.05) is 0 Å². The van der Waals surface area contributed by atoms with Crippen molar-refractivity contribution in [2.45, 2.75) is 31.4 Å². The lowest BCUT2D eigenvalue weighted by Crippen LogP contribution is -2.55. The van der Waals surface area contributed by atoms with Crippen LogP contribution >= 0.6 is 15.9 Å². The molecule has 150 valence electrons. The van der Waals surface area contributed by atoms with E-state index < -0.39 is 35.4 Å². The van der Waals surface area contributed by atoms with E-state index in [0.717, 1.165) is 0 Å². The van der Waals surface area contributed by atoms with Gasteiger partial charge in [-0.15, -0.1) is 0 Å². The Morgan fingerprint density at radius 1 is 1.07 bits per heavy atom. The van der Waals surface area contributed by atoms with Gasteiger partial charge in [0.15, 0.2) is 0 Å².